The third-order valence-corrected chi connectivity index (χ3v) is 2.86. The Balaban J connectivity index is 4.80. The quantitative estimate of drug-likeness (QED) is 0.728. The van der Waals surface area contributed by atoms with E-state index in [1.54, 1.807) is 18.9 Å². The molecular formula is C13H26N2O4. The number of carboxylic acid groups (broad SMARTS) is 1. The Hall–Kier alpha value is -1.30. The van der Waals surface area contributed by atoms with Crippen LogP contribution in [0.4, 0.5) is 4.79 Å². The molecule has 1 N–H and O–H groups in total. The van der Waals surface area contributed by atoms with Crippen molar-refractivity contribution in [2.75, 3.05) is 33.9 Å². The van der Waals surface area contributed by atoms with E-state index in [0.29, 0.717) is 32.0 Å². The third-order valence-electron chi connectivity index (χ3n) is 2.86. The van der Waals surface area contributed by atoms with Gasteiger partial charge >= 0.3 is 12.0 Å². The number of urea groups is 1. The molecule has 0 aromatic heterocycles. The first-order valence-corrected chi connectivity index (χ1v) is 6.58. The minimum Gasteiger partial charge on any atom is -0.480 e. The Morgan fingerprint density at radius 3 is 2.26 bits per heavy atom. The number of amides is 2. The van der Waals surface area contributed by atoms with Crippen molar-refractivity contribution in [3.63, 3.8) is 0 Å². The van der Waals surface area contributed by atoms with E-state index in [4.69, 9.17) is 9.84 Å². The molecule has 0 aliphatic carbocycles. The molecule has 0 aromatic rings. The number of hydrogen-bond donors (Lipinski definition) is 1. The van der Waals surface area contributed by atoms with E-state index in [2.05, 4.69) is 0 Å². The van der Waals surface area contributed by atoms with Gasteiger partial charge in [0.1, 0.15) is 6.04 Å². The summed E-state index contributed by atoms with van der Waals surface area (Å²) in [4.78, 5) is 26.4. The predicted molar refractivity (Wildman–Crippen MR) is 73.2 cm³/mol. The van der Waals surface area contributed by atoms with E-state index < -0.39 is 12.0 Å². The Labute approximate surface area is 115 Å². The standard InChI is InChI=1S/C13H26N2O4/c1-6-11(12(16)17)14(4)13(18)15(7-8-19-5)9-10(2)3/h10-11H,6-9H2,1-5H3,(H,16,17). The van der Waals surface area contributed by atoms with E-state index >= 15 is 0 Å². The highest BCUT2D eigenvalue weighted by molar-refractivity contribution is 5.82. The van der Waals surface area contributed by atoms with Crippen molar-refractivity contribution in [2.24, 2.45) is 5.92 Å². The second-order valence-corrected chi connectivity index (χ2v) is 4.99. The maximum absolute atomic E-state index is 12.3. The fourth-order valence-electron chi connectivity index (χ4n) is 1.88. The first-order chi connectivity index (χ1) is 8.84. The number of methoxy groups -OCH3 is 1. The van der Waals surface area contributed by atoms with Crippen molar-refractivity contribution in [2.45, 2.75) is 33.2 Å². The minimum absolute atomic E-state index is 0.264. The molecule has 0 saturated carbocycles. The molecule has 0 aliphatic rings. The number of aliphatic carboxylic acids is 1. The number of hydrogen-bond acceptors (Lipinski definition) is 3. The maximum atomic E-state index is 12.3. The summed E-state index contributed by atoms with van der Waals surface area (Å²) in [6, 6.07) is -1.05. The topological polar surface area (TPSA) is 70.1 Å². The van der Waals surface area contributed by atoms with Crippen LogP contribution in [0.2, 0.25) is 0 Å². The van der Waals surface area contributed by atoms with Gasteiger partial charge in [0, 0.05) is 27.2 Å². The molecule has 0 aromatic carbocycles. The van der Waals surface area contributed by atoms with Gasteiger partial charge in [0.05, 0.1) is 6.61 Å². The monoisotopic (exact) mass is 274 g/mol. The van der Waals surface area contributed by atoms with Crippen LogP contribution in [0.1, 0.15) is 27.2 Å². The van der Waals surface area contributed by atoms with E-state index in [1.807, 2.05) is 13.8 Å². The fraction of sp³-hybridized carbons (Fsp3) is 0.846. The van der Waals surface area contributed by atoms with Crippen molar-refractivity contribution in [3.8, 4) is 0 Å². The van der Waals surface area contributed by atoms with Gasteiger partial charge in [-0.25, -0.2) is 9.59 Å². The second-order valence-electron chi connectivity index (χ2n) is 4.99. The first kappa shape index (κ1) is 17.7. The predicted octanol–water partition coefficient (Wildman–Crippen LogP) is 1.51. The number of likely N-dealkylation sites (N-methyl/N-ethyl adjacent to an activating group) is 1. The van der Waals surface area contributed by atoms with Gasteiger partial charge in [-0.1, -0.05) is 20.8 Å². The lowest BCUT2D eigenvalue weighted by Crippen LogP contribution is -2.50. The van der Waals surface area contributed by atoms with Crippen LogP contribution in [0.15, 0.2) is 0 Å². The van der Waals surface area contributed by atoms with Gasteiger partial charge < -0.3 is 19.6 Å². The molecule has 0 bridgehead atoms. The van der Waals surface area contributed by atoms with Crippen molar-refractivity contribution in [1.82, 2.24) is 9.80 Å². The van der Waals surface area contributed by atoms with E-state index in [0.717, 1.165) is 0 Å². The molecule has 0 spiro atoms. The molecule has 2 amide bonds. The zero-order valence-electron chi connectivity index (χ0n) is 12.5. The maximum Gasteiger partial charge on any atom is 0.326 e. The zero-order chi connectivity index (χ0) is 15.0. The van der Waals surface area contributed by atoms with Crippen LogP contribution >= 0.6 is 0 Å². The number of nitrogens with zero attached hydrogens (tertiary/aromatic N) is 2. The summed E-state index contributed by atoms with van der Waals surface area (Å²) in [6.45, 7) is 7.28. The molecule has 6 heteroatoms. The summed E-state index contributed by atoms with van der Waals surface area (Å²) in [6.07, 6.45) is 0.386. The normalized spacial score (nSPS) is 12.3. The molecular weight excluding hydrogens is 248 g/mol. The van der Waals surface area contributed by atoms with Crippen LogP contribution in [0, 0.1) is 5.92 Å². The molecule has 0 saturated heterocycles. The van der Waals surface area contributed by atoms with Crippen LogP contribution in [0.25, 0.3) is 0 Å². The summed E-state index contributed by atoms with van der Waals surface area (Å²) < 4.78 is 4.99. The number of carboxylic acids is 1. The summed E-state index contributed by atoms with van der Waals surface area (Å²) in [5, 5.41) is 9.10. The average molecular weight is 274 g/mol. The number of carbonyl (C=O) groups is 2. The molecule has 112 valence electrons. The van der Waals surface area contributed by atoms with Gasteiger partial charge in [-0.2, -0.15) is 0 Å². The smallest absolute Gasteiger partial charge is 0.326 e. The van der Waals surface area contributed by atoms with E-state index in [1.165, 1.54) is 11.9 Å². The highest BCUT2D eigenvalue weighted by Gasteiger charge is 2.28. The Morgan fingerprint density at radius 2 is 1.89 bits per heavy atom. The molecule has 0 heterocycles. The van der Waals surface area contributed by atoms with Gasteiger partial charge in [0.2, 0.25) is 0 Å². The number of rotatable bonds is 8. The lowest BCUT2D eigenvalue weighted by atomic mass is 10.2. The Morgan fingerprint density at radius 1 is 1.32 bits per heavy atom. The number of ether oxygens (including phenoxy) is 1. The van der Waals surface area contributed by atoms with Crippen molar-refractivity contribution in [1.29, 1.82) is 0 Å². The van der Waals surface area contributed by atoms with Crippen molar-refractivity contribution in [3.05, 3.63) is 0 Å². The first-order valence-electron chi connectivity index (χ1n) is 6.58. The molecule has 19 heavy (non-hydrogen) atoms. The number of carbonyl (C=O) groups excluding carboxylic acids is 1. The molecule has 6 nitrogen and oxygen atoms in total. The molecule has 0 fully saturated rings. The van der Waals surface area contributed by atoms with Gasteiger partial charge in [0.25, 0.3) is 0 Å². The van der Waals surface area contributed by atoms with Crippen LogP contribution in [-0.4, -0.2) is 66.8 Å². The van der Waals surface area contributed by atoms with Crippen molar-refractivity contribution >= 4 is 12.0 Å². The Bertz CT molecular complexity index is 294. The summed E-state index contributed by atoms with van der Waals surface area (Å²) in [7, 11) is 3.11. The SMILES string of the molecule is CCC(C(=O)O)N(C)C(=O)N(CCOC)CC(C)C. The Kier molecular flexibility index (Phi) is 8.14. The summed E-state index contributed by atoms with van der Waals surface area (Å²) in [5.74, 6) is -0.659. The molecule has 1 unspecified atom stereocenters. The average Bonchev–Trinajstić information content (AvgIpc) is 2.33. The highest BCUT2D eigenvalue weighted by atomic mass is 16.5. The van der Waals surface area contributed by atoms with E-state index in [-0.39, 0.29) is 6.03 Å². The molecule has 1 atom stereocenters. The van der Waals surface area contributed by atoms with Crippen LogP contribution in [-0.2, 0) is 9.53 Å². The fourth-order valence-corrected chi connectivity index (χ4v) is 1.88. The van der Waals surface area contributed by atoms with E-state index in [9.17, 15) is 9.59 Å². The molecule has 0 radical (unpaired) electrons. The molecule has 0 aliphatic heterocycles. The van der Waals surface area contributed by atoms with Crippen LogP contribution in [0.5, 0.6) is 0 Å². The minimum atomic E-state index is -0.977. The van der Waals surface area contributed by atoms with Gasteiger partial charge in [-0.15, -0.1) is 0 Å². The highest BCUT2D eigenvalue weighted by Crippen LogP contribution is 2.08. The van der Waals surface area contributed by atoms with Crippen LogP contribution < -0.4 is 0 Å². The lowest BCUT2D eigenvalue weighted by molar-refractivity contribution is -0.142. The van der Waals surface area contributed by atoms with Gasteiger partial charge in [0.15, 0.2) is 0 Å². The van der Waals surface area contributed by atoms with Crippen LogP contribution in [0.3, 0.4) is 0 Å². The summed E-state index contributed by atoms with van der Waals surface area (Å²) in [5.41, 5.74) is 0. The largest absolute Gasteiger partial charge is 0.480 e. The third kappa shape index (κ3) is 5.92. The van der Waals surface area contributed by atoms with Crippen molar-refractivity contribution < 1.29 is 19.4 Å². The van der Waals surface area contributed by atoms with Gasteiger partial charge in [-0.3, -0.25) is 0 Å². The zero-order valence-corrected chi connectivity index (χ0v) is 12.5. The second kappa shape index (κ2) is 8.74. The summed E-state index contributed by atoms with van der Waals surface area (Å²) >= 11 is 0. The molecule has 0 rings (SSSR count). The lowest BCUT2D eigenvalue weighted by Gasteiger charge is -2.32. The van der Waals surface area contributed by atoms with Gasteiger partial charge in [-0.05, 0) is 12.3 Å².